The number of aromatic nitrogens is 2. The van der Waals surface area contributed by atoms with Gasteiger partial charge in [-0.05, 0) is 80.8 Å². The molecule has 0 saturated heterocycles. The lowest BCUT2D eigenvalue weighted by Gasteiger charge is -2.11. The van der Waals surface area contributed by atoms with Gasteiger partial charge in [0.15, 0.2) is 0 Å². The average molecular weight is 566 g/mol. The molecular weight excluding hydrogens is 532 g/mol. The third-order valence-electron chi connectivity index (χ3n) is 8.90. The Morgan fingerprint density at radius 1 is 0.386 bits per heavy atom. The molecule has 0 amide bonds. The molecule has 204 valence electrons. The third kappa shape index (κ3) is 3.25. The lowest BCUT2D eigenvalue weighted by Crippen LogP contribution is -1.96. The Balaban J connectivity index is 1.41. The Labute approximate surface area is 263 Å². The normalized spacial score (nSPS) is 14.3. The van der Waals surface area contributed by atoms with Crippen LogP contribution in [0.25, 0.3) is 87.3 Å². The molecule has 0 radical (unpaired) electrons. The summed E-state index contributed by atoms with van der Waals surface area (Å²) in [7, 11) is 0. The van der Waals surface area contributed by atoms with Crippen molar-refractivity contribution in [1.82, 2.24) is 9.13 Å². The fourth-order valence-electron chi connectivity index (χ4n) is 6.97. The van der Waals surface area contributed by atoms with E-state index in [9.17, 15) is 2.74 Å². The fraction of sp³-hybridized carbons (Fsp3) is 0. The van der Waals surface area contributed by atoms with Crippen LogP contribution in [0.3, 0.4) is 0 Å². The molecule has 2 aromatic heterocycles. The summed E-state index contributed by atoms with van der Waals surface area (Å²) in [6, 6.07) is 36.9. The summed E-state index contributed by atoms with van der Waals surface area (Å²) in [6.07, 6.45) is 0. The predicted octanol–water partition coefficient (Wildman–Crippen LogP) is 11.3. The maximum Gasteiger partial charge on any atom is 0.0651 e. The van der Waals surface area contributed by atoms with E-state index in [1.807, 2.05) is 47.0 Å². The molecule has 0 N–H and O–H groups in total. The summed E-state index contributed by atoms with van der Waals surface area (Å²) in [5, 5.41) is 8.31. The molecule has 10 aromatic rings. The fourth-order valence-corrected chi connectivity index (χ4v) is 6.97. The van der Waals surface area contributed by atoms with Gasteiger partial charge in [-0.2, -0.15) is 0 Å². The first kappa shape index (κ1) is 17.9. The molecule has 0 aliphatic carbocycles. The van der Waals surface area contributed by atoms with Crippen LogP contribution in [0.1, 0.15) is 9.60 Å². The van der Waals surface area contributed by atoms with Gasteiger partial charge in [0.2, 0.25) is 0 Å². The van der Waals surface area contributed by atoms with Gasteiger partial charge in [-0.15, -0.1) is 0 Å². The van der Waals surface area contributed by atoms with Crippen molar-refractivity contribution in [3.63, 3.8) is 0 Å². The first-order valence-corrected chi connectivity index (χ1v) is 14.6. The van der Waals surface area contributed by atoms with Crippen molar-refractivity contribution < 1.29 is 9.60 Å². The van der Waals surface area contributed by atoms with E-state index < -0.39 is 24.2 Å². The molecule has 44 heavy (non-hydrogen) atoms. The summed E-state index contributed by atoms with van der Waals surface area (Å²) >= 11 is 0. The number of hydrogen-bond donors (Lipinski definition) is 0. The second-order valence-electron chi connectivity index (χ2n) is 11.3. The summed E-state index contributed by atoms with van der Waals surface area (Å²) < 4.78 is 65.6. The zero-order valence-corrected chi connectivity index (χ0v) is 23.4. The zero-order valence-electron chi connectivity index (χ0n) is 30.4. The van der Waals surface area contributed by atoms with Gasteiger partial charge in [0.1, 0.15) is 0 Å². The van der Waals surface area contributed by atoms with Crippen molar-refractivity contribution in [3.05, 3.63) is 158 Å². The Morgan fingerprint density at radius 2 is 1.09 bits per heavy atom. The molecule has 2 nitrogen and oxygen atoms in total. The number of nitrogens with zero attached hydrogens (tertiary/aromatic N) is 2. The van der Waals surface area contributed by atoms with Gasteiger partial charge >= 0.3 is 0 Å². The van der Waals surface area contributed by atoms with E-state index in [4.69, 9.17) is 6.85 Å². The minimum Gasteiger partial charge on any atom is -0.309 e. The van der Waals surface area contributed by atoms with E-state index in [-0.39, 0.29) is 34.6 Å². The molecule has 8 aromatic carbocycles. The molecule has 0 aliphatic heterocycles. The molecule has 0 spiro atoms. The highest BCUT2D eigenvalue weighted by atomic mass is 15.0. The number of hydrogen-bond acceptors (Lipinski definition) is 0. The van der Waals surface area contributed by atoms with E-state index >= 15 is 0 Å². The first-order valence-electron chi connectivity index (χ1n) is 18.1. The smallest absolute Gasteiger partial charge is 0.0651 e. The molecule has 2 heteroatoms. The van der Waals surface area contributed by atoms with Crippen molar-refractivity contribution in [3.8, 4) is 11.4 Å². The monoisotopic (exact) mass is 565 g/mol. The molecule has 2 heterocycles. The lowest BCUT2D eigenvalue weighted by molar-refractivity contribution is 1.17. The topological polar surface area (TPSA) is 9.86 Å². The van der Waals surface area contributed by atoms with Gasteiger partial charge in [-0.1, -0.05) is 109 Å². The third-order valence-corrected chi connectivity index (χ3v) is 8.90. The molecular formula is C42H26N2. The summed E-state index contributed by atoms with van der Waals surface area (Å²) in [5.41, 5.74) is 4.51. The number of benzene rings is 8. The van der Waals surface area contributed by atoms with Crippen molar-refractivity contribution >= 4 is 75.9 Å². The highest BCUT2D eigenvalue weighted by molar-refractivity contribution is 6.25. The Kier molecular flexibility index (Phi) is 3.60. The van der Waals surface area contributed by atoms with Gasteiger partial charge in [0, 0.05) is 32.9 Å². The Hall–Kier alpha value is -5.86. The lowest BCUT2D eigenvalue weighted by atomic mass is 10.0. The van der Waals surface area contributed by atoms with Crippen molar-refractivity contribution in [1.29, 1.82) is 0 Å². The van der Waals surface area contributed by atoms with Crippen LogP contribution in [0.5, 0.6) is 0 Å². The SMILES string of the molecule is [2H]c1c([2H])c([2H])c2c([2H])c(-n3c4ccccc4c4cc5c6c7ccccc7ccc6n(-c6ccc7ccccc7c6)c5cc43)c([2H])c([2H])c2c1[2H]. The molecule has 10 rings (SSSR count). The predicted molar refractivity (Wildman–Crippen MR) is 188 cm³/mol. The Morgan fingerprint density at radius 3 is 2.00 bits per heavy atom. The minimum absolute atomic E-state index is 0.0687. The summed E-state index contributed by atoms with van der Waals surface area (Å²) in [5.74, 6) is 0. The number of fused-ring (bicyclic) bond motifs is 10. The van der Waals surface area contributed by atoms with Crippen LogP contribution in [0, 0.1) is 0 Å². The second-order valence-corrected chi connectivity index (χ2v) is 11.3. The maximum atomic E-state index is 9.43. The molecule has 0 aliphatic rings. The molecule has 0 bridgehead atoms. The van der Waals surface area contributed by atoms with Crippen LogP contribution in [-0.4, -0.2) is 9.13 Å². The number of para-hydroxylation sites is 1. The van der Waals surface area contributed by atoms with Crippen molar-refractivity contribution in [2.75, 3.05) is 0 Å². The van der Waals surface area contributed by atoms with Gasteiger partial charge in [0.05, 0.1) is 31.7 Å². The summed E-state index contributed by atoms with van der Waals surface area (Å²) in [4.78, 5) is 0. The molecule has 0 fully saturated rings. The van der Waals surface area contributed by atoms with Crippen molar-refractivity contribution in [2.24, 2.45) is 0 Å². The standard InChI is InChI=1S/C42H26N2/c1-3-12-30-23-32(20-17-27(30)9-1)43-38-16-8-7-15-35(38)36-25-37-41(26-40(36)43)44(33-21-18-28-10-2-4-13-31(28)24-33)39-22-19-29-11-5-6-14-34(29)42(37)39/h1-26H/i1D,3D,9D,12D,17D,20D,23D. The largest absolute Gasteiger partial charge is 0.309 e. The van der Waals surface area contributed by atoms with Crippen LogP contribution in [0.2, 0.25) is 0 Å². The van der Waals surface area contributed by atoms with Gasteiger partial charge in [0.25, 0.3) is 0 Å². The average Bonchev–Trinajstić information content (AvgIpc) is 3.65. The minimum atomic E-state index is -0.485. The van der Waals surface area contributed by atoms with Crippen LogP contribution in [0.4, 0.5) is 0 Å². The molecule has 0 unspecified atom stereocenters. The van der Waals surface area contributed by atoms with E-state index in [0.29, 0.717) is 0 Å². The maximum absolute atomic E-state index is 9.43. The highest BCUT2D eigenvalue weighted by Gasteiger charge is 2.20. The van der Waals surface area contributed by atoms with E-state index in [2.05, 4.69) is 77.4 Å². The molecule has 0 atom stereocenters. The van der Waals surface area contributed by atoms with E-state index in [1.165, 1.54) is 0 Å². The van der Waals surface area contributed by atoms with Crippen LogP contribution >= 0.6 is 0 Å². The van der Waals surface area contributed by atoms with Gasteiger partial charge < -0.3 is 9.13 Å². The van der Waals surface area contributed by atoms with E-state index in [0.717, 1.165) is 70.8 Å². The van der Waals surface area contributed by atoms with Crippen LogP contribution in [-0.2, 0) is 0 Å². The second kappa shape index (κ2) is 8.82. The zero-order chi connectivity index (χ0) is 34.9. The summed E-state index contributed by atoms with van der Waals surface area (Å²) in [6.45, 7) is 0. The first-order chi connectivity index (χ1) is 24.7. The van der Waals surface area contributed by atoms with Gasteiger partial charge in [-0.3, -0.25) is 0 Å². The quantitative estimate of drug-likeness (QED) is 0.197. The van der Waals surface area contributed by atoms with Crippen LogP contribution in [0.15, 0.2) is 158 Å². The Bertz CT molecular complexity index is 3180. The molecule has 0 saturated carbocycles. The number of rotatable bonds is 2. The van der Waals surface area contributed by atoms with Crippen LogP contribution < -0.4 is 0 Å². The van der Waals surface area contributed by atoms with E-state index in [1.54, 1.807) is 0 Å². The van der Waals surface area contributed by atoms with Crippen molar-refractivity contribution in [2.45, 2.75) is 0 Å². The van der Waals surface area contributed by atoms with Gasteiger partial charge in [-0.25, -0.2) is 0 Å². The highest BCUT2D eigenvalue weighted by Crippen LogP contribution is 2.42.